The molecular weight excluding hydrogens is 756 g/mol. The number of benzene rings is 2. The van der Waals surface area contributed by atoms with Crippen LogP contribution in [0.15, 0.2) is 36.4 Å². The van der Waals surface area contributed by atoms with E-state index in [1.807, 2.05) is 26.8 Å². The number of ether oxygens (including phenoxy) is 4. The minimum absolute atomic E-state index is 0.0241. The van der Waals surface area contributed by atoms with Crippen molar-refractivity contribution in [1.29, 1.82) is 0 Å². The highest BCUT2D eigenvalue weighted by Gasteiger charge is 2.32. The van der Waals surface area contributed by atoms with Crippen molar-refractivity contribution in [1.82, 2.24) is 30.2 Å². The topological polar surface area (TPSA) is 210 Å². The fourth-order valence-electron chi connectivity index (χ4n) is 6.34. The van der Waals surface area contributed by atoms with Gasteiger partial charge in [0.15, 0.2) is 0 Å². The second-order valence-corrected chi connectivity index (χ2v) is 13.5. The molecule has 0 saturated heterocycles. The number of imide groups is 1. The van der Waals surface area contributed by atoms with E-state index in [9.17, 15) is 38.4 Å². The third-order valence-electron chi connectivity index (χ3n) is 9.75. The SMILES string of the molecule is COC(=O)CCN(CCNC(=O)CCN(CCC(=O)NCCN(CCC(=O)OC)CCC(=O)OC)CCN1C(=O)c2cccc3cccc(c23)C1=O)CCC(=O)OC. The number of carbonyl (C=O) groups excluding carboxylic acids is 8. The van der Waals surface area contributed by atoms with Gasteiger partial charge in [0.2, 0.25) is 11.8 Å². The Morgan fingerprint density at radius 1 is 0.500 bits per heavy atom. The van der Waals surface area contributed by atoms with Crippen LogP contribution in [0, 0.1) is 0 Å². The van der Waals surface area contributed by atoms with Gasteiger partial charge in [-0.1, -0.05) is 24.3 Å². The molecule has 0 bridgehead atoms. The molecule has 0 unspecified atom stereocenters. The van der Waals surface area contributed by atoms with Crippen molar-refractivity contribution in [2.75, 3.05) is 107 Å². The van der Waals surface area contributed by atoms with Crippen molar-refractivity contribution in [3.05, 3.63) is 47.5 Å². The van der Waals surface area contributed by atoms with Gasteiger partial charge in [-0.3, -0.25) is 43.3 Å². The second kappa shape index (κ2) is 25.0. The van der Waals surface area contributed by atoms with Gasteiger partial charge >= 0.3 is 23.9 Å². The molecule has 1 aliphatic heterocycles. The van der Waals surface area contributed by atoms with E-state index >= 15 is 0 Å². The van der Waals surface area contributed by atoms with E-state index in [0.717, 1.165) is 5.39 Å². The molecule has 0 fully saturated rings. The zero-order chi connectivity index (χ0) is 42.5. The molecule has 2 aromatic carbocycles. The Labute approximate surface area is 338 Å². The zero-order valence-corrected chi connectivity index (χ0v) is 33.9. The Balaban J connectivity index is 1.61. The van der Waals surface area contributed by atoms with Gasteiger partial charge in [0.05, 0.1) is 54.1 Å². The summed E-state index contributed by atoms with van der Waals surface area (Å²) >= 11 is 0. The number of carbonyl (C=O) groups is 8. The smallest absolute Gasteiger partial charge is 0.306 e. The molecule has 0 saturated carbocycles. The van der Waals surface area contributed by atoms with Crippen LogP contribution in [0.5, 0.6) is 0 Å². The quantitative estimate of drug-likeness (QED) is 0.0719. The zero-order valence-electron chi connectivity index (χ0n) is 33.9. The molecule has 18 heteroatoms. The summed E-state index contributed by atoms with van der Waals surface area (Å²) in [6, 6.07) is 10.6. The number of nitrogens with one attached hydrogen (secondary N) is 2. The number of hydrogen-bond acceptors (Lipinski definition) is 15. The van der Waals surface area contributed by atoms with Crippen LogP contribution in [0.4, 0.5) is 0 Å². The third-order valence-corrected chi connectivity index (χ3v) is 9.75. The van der Waals surface area contributed by atoms with Crippen LogP contribution in [0.25, 0.3) is 10.8 Å². The highest BCUT2D eigenvalue weighted by molar-refractivity contribution is 6.25. The lowest BCUT2D eigenvalue weighted by Crippen LogP contribution is -2.46. The average molecular weight is 813 g/mol. The molecule has 0 aliphatic carbocycles. The van der Waals surface area contributed by atoms with Crippen molar-refractivity contribution in [3.63, 3.8) is 0 Å². The van der Waals surface area contributed by atoms with Gasteiger partial charge in [-0.25, -0.2) is 0 Å². The maximum atomic E-state index is 13.6. The fraction of sp³-hybridized carbons (Fsp3) is 0.550. The van der Waals surface area contributed by atoms with Crippen molar-refractivity contribution in [2.45, 2.75) is 38.5 Å². The first kappa shape index (κ1) is 46.9. The summed E-state index contributed by atoms with van der Waals surface area (Å²) < 4.78 is 18.9. The summed E-state index contributed by atoms with van der Waals surface area (Å²) in [5.74, 6) is -2.99. The molecule has 0 radical (unpaired) electrons. The predicted molar refractivity (Wildman–Crippen MR) is 210 cm³/mol. The van der Waals surface area contributed by atoms with Crippen LogP contribution in [-0.2, 0) is 47.7 Å². The molecule has 0 aromatic heterocycles. The molecule has 0 atom stereocenters. The average Bonchev–Trinajstić information content (AvgIpc) is 3.23. The third kappa shape index (κ3) is 15.5. The van der Waals surface area contributed by atoms with Crippen molar-refractivity contribution in [3.8, 4) is 0 Å². The Morgan fingerprint density at radius 3 is 1.21 bits per heavy atom. The van der Waals surface area contributed by atoms with Gasteiger partial charge in [-0.2, -0.15) is 0 Å². The summed E-state index contributed by atoms with van der Waals surface area (Å²) in [5.41, 5.74) is 0.856. The van der Waals surface area contributed by atoms with E-state index in [4.69, 9.17) is 18.9 Å². The molecule has 4 amide bonds. The summed E-state index contributed by atoms with van der Waals surface area (Å²) in [4.78, 5) is 107. The summed E-state index contributed by atoms with van der Waals surface area (Å²) in [6.45, 7) is 3.12. The molecule has 18 nitrogen and oxygen atoms in total. The molecule has 0 spiro atoms. The van der Waals surface area contributed by atoms with Gasteiger partial charge in [0.25, 0.3) is 11.8 Å². The van der Waals surface area contributed by atoms with Crippen LogP contribution < -0.4 is 10.6 Å². The maximum Gasteiger partial charge on any atom is 0.306 e. The highest BCUT2D eigenvalue weighted by atomic mass is 16.5. The van der Waals surface area contributed by atoms with Gasteiger partial charge in [0.1, 0.15) is 0 Å². The fourth-order valence-corrected chi connectivity index (χ4v) is 6.34. The summed E-state index contributed by atoms with van der Waals surface area (Å²) in [5, 5.41) is 7.12. The molecule has 58 heavy (non-hydrogen) atoms. The molecule has 3 rings (SSSR count). The van der Waals surface area contributed by atoms with Crippen molar-refractivity contribution >= 4 is 58.3 Å². The minimum atomic E-state index is -0.419. The van der Waals surface area contributed by atoms with Gasteiger partial charge in [-0.05, 0) is 17.5 Å². The van der Waals surface area contributed by atoms with E-state index in [0.29, 0.717) is 55.8 Å². The molecule has 2 aromatic rings. The van der Waals surface area contributed by atoms with Crippen LogP contribution in [-0.4, -0.2) is 174 Å². The van der Waals surface area contributed by atoms with Gasteiger partial charge in [-0.15, -0.1) is 0 Å². The highest BCUT2D eigenvalue weighted by Crippen LogP contribution is 2.29. The van der Waals surface area contributed by atoms with Gasteiger partial charge in [0, 0.05) is 108 Å². The van der Waals surface area contributed by atoms with E-state index < -0.39 is 35.7 Å². The number of rotatable bonds is 27. The standard InChI is InChI=1S/C40H56N6O12/c1-55-34(49)13-21-43(22-14-35(50)56-2)25-17-41-32(47)11-19-45(20-12-33(48)42-18-26-44(23-15-36(51)57-3)24-16-37(52)58-4)27-28-46-39(53)30-9-5-7-29-8-6-10-31(38(29)30)40(46)54/h5-10H,11-28H2,1-4H3,(H,41,47)(H,42,48). The van der Waals surface area contributed by atoms with Crippen molar-refractivity contribution < 1.29 is 57.3 Å². The molecule has 2 N–H and O–H groups in total. The van der Waals surface area contributed by atoms with Crippen LogP contribution >= 0.6 is 0 Å². The van der Waals surface area contributed by atoms with E-state index in [1.54, 1.807) is 24.3 Å². The minimum Gasteiger partial charge on any atom is -0.469 e. The van der Waals surface area contributed by atoms with E-state index in [1.165, 1.54) is 33.3 Å². The Morgan fingerprint density at radius 2 is 0.845 bits per heavy atom. The number of hydrogen-bond donors (Lipinski definition) is 2. The normalized spacial score (nSPS) is 12.2. The first-order valence-electron chi connectivity index (χ1n) is 19.3. The lowest BCUT2D eigenvalue weighted by Gasteiger charge is -2.30. The first-order valence-corrected chi connectivity index (χ1v) is 19.3. The number of amides is 4. The Bertz CT molecular complexity index is 1600. The van der Waals surface area contributed by atoms with Crippen LogP contribution in [0.2, 0.25) is 0 Å². The molecular formula is C40H56N6O12. The number of methoxy groups -OCH3 is 4. The first-order chi connectivity index (χ1) is 27.9. The Hall–Kier alpha value is -5.46. The molecule has 1 heterocycles. The van der Waals surface area contributed by atoms with Crippen LogP contribution in [0.1, 0.15) is 59.2 Å². The lowest BCUT2D eigenvalue weighted by molar-refractivity contribution is -0.142. The van der Waals surface area contributed by atoms with Crippen LogP contribution in [0.3, 0.4) is 0 Å². The Kier molecular flexibility index (Phi) is 20.2. The number of esters is 4. The van der Waals surface area contributed by atoms with Crippen molar-refractivity contribution in [2.24, 2.45) is 0 Å². The summed E-state index contributed by atoms with van der Waals surface area (Å²) in [6.07, 6.45) is 0.538. The van der Waals surface area contributed by atoms with Gasteiger partial charge < -0.3 is 44.3 Å². The second-order valence-electron chi connectivity index (χ2n) is 13.5. The predicted octanol–water partition coefficient (Wildman–Crippen LogP) is 0.607. The van der Waals surface area contributed by atoms with E-state index in [2.05, 4.69) is 10.6 Å². The summed E-state index contributed by atoms with van der Waals surface area (Å²) in [7, 11) is 5.17. The monoisotopic (exact) mass is 812 g/mol. The number of nitrogens with zero attached hydrogens (tertiary/aromatic N) is 4. The molecule has 1 aliphatic rings. The van der Waals surface area contributed by atoms with E-state index in [-0.39, 0.29) is 89.6 Å². The lowest BCUT2D eigenvalue weighted by atomic mass is 9.94. The maximum absolute atomic E-state index is 13.6. The molecule has 318 valence electrons. The largest absolute Gasteiger partial charge is 0.469 e.